The Bertz CT molecular complexity index is 941. The van der Waals surface area contributed by atoms with Gasteiger partial charge in [0.05, 0.1) is 39.6 Å². The maximum atomic E-state index is 12.8. The number of hydrogen-bond acceptors (Lipinski definition) is 4. The number of fused-ring (bicyclic) bond motifs is 1. The van der Waals surface area contributed by atoms with Crippen LogP contribution in [0.1, 0.15) is 10.6 Å². The van der Waals surface area contributed by atoms with Crippen LogP contribution in [-0.4, -0.2) is 29.4 Å². The lowest BCUT2D eigenvalue weighted by molar-refractivity contribution is -0.137. The van der Waals surface area contributed by atoms with Crippen LogP contribution >= 0.6 is 22.9 Å². The number of anilines is 1. The lowest BCUT2D eigenvalue weighted by Gasteiger charge is -2.16. The van der Waals surface area contributed by atoms with E-state index in [1.54, 1.807) is 11.9 Å². The summed E-state index contributed by atoms with van der Waals surface area (Å²) in [4.78, 5) is 18.4. The zero-order chi connectivity index (χ0) is 19.6. The summed E-state index contributed by atoms with van der Waals surface area (Å²) < 4.78 is 39.5. The van der Waals surface area contributed by atoms with E-state index in [-0.39, 0.29) is 17.3 Å². The lowest BCUT2D eigenvalue weighted by atomic mass is 10.2. The maximum absolute atomic E-state index is 12.8. The van der Waals surface area contributed by atoms with Crippen LogP contribution < -0.4 is 5.32 Å². The molecule has 1 amide bonds. The smallest absolute Gasteiger partial charge is 0.324 e. The van der Waals surface area contributed by atoms with Crippen molar-refractivity contribution in [3.05, 3.63) is 58.1 Å². The second-order valence-corrected chi connectivity index (χ2v) is 7.51. The number of nitrogens with one attached hydrogen (secondary N) is 1. The van der Waals surface area contributed by atoms with Gasteiger partial charge in [-0.2, -0.15) is 13.2 Å². The molecule has 2 aromatic carbocycles. The molecule has 1 N–H and O–H groups in total. The van der Waals surface area contributed by atoms with Crippen molar-refractivity contribution >= 4 is 44.7 Å². The number of amides is 1. The third-order valence-corrected chi connectivity index (χ3v) is 5.08. The van der Waals surface area contributed by atoms with Crippen molar-refractivity contribution in [2.45, 2.75) is 12.7 Å². The average molecular weight is 414 g/mol. The average Bonchev–Trinajstić information content (AvgIpc) is 2.97. The van der Waals surface area contributed by atoms with Crippen molar-refractivity contribution in [2.24, 2.45) is 0 Å². The quantitative estimate of drug-likeness (QED) is 0.637. The molecule has 0 aliphatic heterocycles. The molecular formula is C18H15ClF3N3OS. The minimum Gasteiger partial charge on any atom is -0.324 e. The highest BCUT2D eigenvalue weighted by Crippen LogP contribution is 2.33. The molecule has 3 aromatic rings. The van der Waals surface area contributed by atoms with E-state index in [1.807, 2.05) is 24.3 Å². The van der Waals surface area contributed by atoms with Gasteiger partial charge in [-0.3, -0.25) is 9.69 Å². The van der Waals surface area contributed by atoms with Gasteiger partial charge in [-0.05, 0) is 37.4 Å². The number of hydrogen-bond donors (Lipinski definition) is 1. The Morgan fingerprint density at radius 1 is 1.26 bits per heavy atom. The van der Waals surface area contributed by atoms with Gasteiger partial charge in [0.1, 0.15) is 5.01 Å². The highest BCUT2D eigenvalue weighted by atomic mass is 35.5. The van der Waals surface area contributed by atoms with E-state index in [0.29, 0.717) is 6.54 Å². The monoisotopic (exact) mass is 413 g/mol. The highest BCUT2D eigenvalue weighted by molar-refractivity contribution is 7.18. The van der Waals surface area contributed by atoms with Gasteiger partial charge < -0.3 is 5.32 Å². The number of nitrogens with zero attached hydrogens (tertiary/aromatic N) is 2. The van der Waals surface area contributed by atoms with Gasteiger partial charge in [0, 0.05) is 0 Å². The van der Waals surface area contributed by atoms with E-state index in [0.717, 1.165) is 33.4 Å². The van der Waals surface area contributed by atoms with E-state index < -0.39 is 17.6 Å². The number of aromatic nitrogens is 1. The number of para-hydroxylation sites is 1. The number of benzene rings is 2. The highest BCUT2D eigenvalue weighted by Gasteiger charge is 2.31. The third-order valence-electron chi connectivity index (χ3n) is 3.72. The molecule has 1 aromatic heterocycles. The van der Waals surface area contributed by atoms with Crippen molar-refractivity contribution in [1.29, 1.82) is 0 Å². The zero-order valence-corrected chi connectivity index (χ0v) is 15.8. The predicted octanol–water partition coefficient (Wildman–Crippen LogP) is 5.04. The number of rotatable bonds is 5. The van der Waals surface area contributed by atoms with Crippen LogP contribution in [0.5, 0.6) is 0 Å². The molecule has 0 aliphatic carbocycles. The van der Waals surface area contributed by atoms with Gasteiger partial charge in [-0.1, -0.05) is 23.7 Å². The zero-order valence-electron chi connectivity index (χ0n) is 14.2. The second-order valence-electron chi connectivity index (χ2n) is 5.99. The summed E-state index contributed by atoms with van der Waals surface area (Å²) >= 11 is 7.43. The number of carbonyl (C=O) groups excluding carboxylic acids is 1. The van der Waals surface area contributed by atoms with Crippen molar-refractivity contribution < 1.29 is 18.0 Å². The van der Waals surface area contributed by atoms with E-state index in [4.69, 9.17) is 11.6 Å². The summed E-state index contributed by atoms with van der Waals surface area (Å²) in [6.45, 7) is 0.436. The molecule has 0 saturated heterocycles. The Balaban J connectivity index is 1.63. The number of carbonyl (C=O) groups is 1. The SMILES string of the molecule is CN(CC(=O)Nc1cc(C(F)(F)F)ccc1Cl)Cc1nc2ccccc2s1. The minimum absolute atomic E-state index is 0.0114. The Morgan fingerprint density at radius 3 is 2.70 bits per heavy atom. The predicted molar refractivity (Wildman–Crippen MR) is 101 cm³/mol. The molecule has 9 heteroatoms. The summed E-state index contributed by atoms with van der Waals surface area (Å²) in [5.41, 5.74) is -0.0407. The van der Waals surface area contributed by atoms with Crippen LogP contribution in [0.2, 0.25) is 5.02 Å². The Kier molecular flexibility index (Phi) is 5.69. The summed E-state index contributed by atoms with van der Waals surface area (Å²) in [5.74, 6) is -0.458. The van der Waals surface area contributed by atoms with Crippen LogP contribution in [0.3, 0.4) is 0 Å². The fourth-order valence-electron chi connectivity index (χ4n) is 2.51. The molecule has 0 saturated carbocycles. The van der Waals surface area contributed by atoms with Crippen molar-refractivity contribution in [3.8, 4) is 0 Å². The molecule has 1 heterocycles. The first-order chi connectivity index (χ1) is 12.7. The molecule has 0 radical (unpaired) electrons. The molecule has 0 atom stereocenters. The normalized spacial score (nSPS) is 11.9. The van der Waals surface area contributed by atoms with Gasteiger partial charge in [-0.15, -0.1) is 11.3 Å². The van der Waals surface area contributed by atoms with Crippen molar-refractivity contribution in [2.75, 3.05) is 18.9 Å². The fourth-order valence-corrected chi connectivity index (χ4v) is 3.72. The summed E-state index contributed by atoms with van der Waals surface area (Å²) in [6.07, 6.45) is -4.51. The molecular weight excluding hydrogens is 399 g/mol. The van der Waals surface area contributed by atoms with Gasteiger partial charge in [0.15, 0.2) is 0 Å². The Labute approximate surface area is 162 Å². The fraction of sp³-hybridized carbons (Fsp3) is 0.222. The van der Waals surface area contributed by atoms with Gasteiger partial charge in [0.25, 0.3) is 0 Å². The Morgan fingerprint density at radius 2 is 2.00 bits per heavy atom. The van der Waals surface area contributed by atoms with Crippen molar-refractivity contribution in [1.82, 2.24) is 9.88 Å². The van der Waals surface area contributed by atoms with Crippen LogP contribution in [0.25, 0.3) is 10.2 Å². The van der Waals surface area contributed by atoms with E-state index in [9.17, 15) is 18.0 Å². The Hall–Kier alpha value is -2.16. The first-order valence-corrected chi connectivity index (χ1v) is 9.11. The molecule has 0 bridgehead atoms. The number of halogens is 4. The molecule has 0 spiro atoms. The molecule has 0 fully saturated rings. The lowest BCUT2D eigenvalue weighted by Crippen LogP contribution is -2.30. The second kappa shape index (κ2) is 7.84. The molecule has 3 rings (SSSR count). The summed E-state index contributed by atoms with van der Waals surface area (Å²) in [6, 6.07) is 10.5. The van der Waals surface area contributed by atoms with Gasteiger partial charge in [-0.25, -0.2) is 4.98 Å². The van der Waals surface area contributed by atoms with E-state index in [2.05, 4.69) is 10.3 Å². The number of alkyl halides is 3. The number of likely N-dealkylation sites (N-methyl/N-ethyl adjacent to an activating group) is 1. The van der Waals surface area contributed by atoms with Crippen LogP contribution in [0.15, 0.2) is 42.5 Å². The molecule has 142 valence electrons. The summed E-state index contributed by atoms with van der Waals surface area (Å²) in [5, 5.41) is 3.33. The minimum atomic E-state index is -4.51. The van der Waals surface area contributed by atoms with Crippen LogP contribution in [-0.2, 0) is 17.5 Å². The largest absolute Gasteiger partial charge is 0.416 e. The first kappa shape index (κ1) is 19.6. The van der Waals surface area contributed by atoms with Gasteiger partial charge >= 0.3 is 6.18 Å². The van der Waals surface area contributed by atoms with Crippen LogP contribution in [0.4, 0.5) is 18.9 Å². The van der Waals surface area contributed by atoms with E-state index >= 15 is 0 Å². The molecule has 27 heavy (non-hydrogen) atoms. The molecule has 4 nitrogen and oxygen atoms in total. The molecule has 0 unspecified atom stereocenters. The van der Waals surface area contributed by atoms with E-state index in [1.165, 1.54) is 11.3 Å². The standard InChI is InChI=1S/C18H15ClF3N3OS/c1-25(10-17-24-13-4-2-3-5-15(13)27-17)9-16(26)23-14-8-11(18(20,21)22)6-7-12(14)19/h2-8H,9-10H2,1H3,(H,23,26). The third kappa shape index (κ3) is 4.97. The number of thiazole rings is 1. The first-order valence-electron chi connectivity index (χ1n) is 7.92. The van der Waals surface area contributed by atoms with Gasteiger partial charge in [0.2, 0.25) is 5.91 Å². The van der Waals surface area contributed by atoms with Crippen molar-refractivity contribution in [3.63, 3.8) is 0 Å². The topological polar surface area (TPSA) is 45.2 Å². The molecule has 0 aliphatic rings. The van der Waals surface area contributed by atoms with Crippen LogP contribution in [0, 0.1) is 0 Å². The maximum Gasteiger partial charge on any atom is 0.416 e. The summed E-state index contributed by atoms with van der Waals surface area (Å²) in [7, 11) is 1.74.